The van der Waals surface area contributed by atoms with Gasteiger partial charge >= 0.3 is 0 Å². The molecule has 0 saturated carbocycles. The summed E-state index contributed by atoms with van der Waals surface area (Å²) in [5.41, 5.74) is 4.10. The van der Waals surface area contributed by atoms with Crippen LogP contribution in [-0.4, -0.2) is 41.0 Å². The van der Waals surface area contributed by atoms with Gasteiger partial charge in [-0.05, 0) is 42.0 Å². The highest BCUT2D eigenvalue weighted by molar-refractivity contribution is 6.04. The van der Waals surface area contributed by atoms with Crippen molar-refractivity contribution in [1.29, 1.82) is 0 Å². The van der Waals surface area contributed by atoms with Gasteiger partial charge in [0.05, 0.1) is 17.3 Å². The molecule has 0 radical (unpaired) electrons. The Hall–Kier alpha value is -5.84. The van der Waals surface area contributed by atoms with Crippen LogP contribution < -0.4 is 5.32 Å². The van der Waals surface area contributed by atoms with Crippen LogP contribution in [0, 0.1) is 11.6 Å². The molecule has 2 aromatic carbocycles. The fraction of sp³-hybridized carbons (Fsp3) is 0. The number of hydrogen-bond donors (Lipinski definition) is 3. The third-order valence-corrected chi connectivity index (χ3v) is 6.61. The van der Waals surface area contributed by atoms with Gasteiger partial charge in [-0.2, -0.15) is 5.10 Å². The van der Waals surface area contributed by atoms with E-state index in [4.69, 9.17) is 0 Å². The Morgan fingerprint density at radius 2 is 1.71 bits per heavy atom. The Morgan fingerprint density at radius 1 is 0.829 bits per heavy atom. The molecule has 9 nitrogen and oxygen atoms in total. The summed E-state index contributed by atoms with van der Waals surface area (Å²) in [5.74, 6) is -1.01. The summed E-state index contributed by atoms with van der Waals surface area (Å²) in [6.45, 7) is 0. The molecule has 1 amide bonds. The molecule has 0 fully saturated rings. The van der Waals surface area contributed by atoms with Crippen LogP contribution >= 0.6 is 0 Å². The summed E-state index contributed by atoms with van der Waals surface area (Å²) in [5, 5.41) is 9.94. The molecule has 7 rings (SSSR count). The van der Waals surface area contributed by atoms with Crippen molar-refractivity contribution in [2.45, 2.75) is 0 Å². The van der Waals surface area contributed by atoms with E-state index in [0.29, 0.717) is 39.1 Å². The Bertz CT molecular complexity index is 2090. The van der Waals surface area contributed by atoms with Crippen molar-refractivity contribution in [2.24, 2.45) is 0 Å². The van der Waals surface area contributed by atoms with Gasteiger partial charge in [-0.15, -0.1) is 0 Å². The summed E-state index contributed by atoms with van der Waals surface area (Å²) in [4.78, 5) is 33.2. The Balaban J connectivity index is 1.29. The molecule has 0 aliphatic rings. The van der Waals surface area contributed by atoms with Crippen molar-refractivity contribution in [3.8, 4) is 33.8 Å². The first kappa shape index (κ1) is 24.2. The smallest absolute Gasteiger partial charge is 0.255 e. The van der Waals surface area contributed by atoms with E-state index in [9.17, 15) is 9.18 Å². The first-order valence-corrected chi connectivity index (χ1v) is 12.5. The standard InChI is InChI=1S/C30H18F2N8O/c31-19-8-4-7-17(11-19)21-9-10-34-28-25(21)37-29(38-28)26-23-24(32)22(15-35-27(23)40-39-26)18-12-20(14-33-13-18)36-30(41)16-5-2-1-3-6-16/h1-15H,(H,36,41)(H,34,37,38)(H,35,39,40). The lowest BCUT2D eigenvalue weighted by atomic mass is 10.1. The van der Waals surface area contributed by atoms with E-state index >= 15 is 4.39 Å². The number of nitrogens with zero attached hydrogens (tertiary/aromatic N) is 5. The van der Waals surface area contributed by atoms with E-state index in [1.165, 1.54) is 30.7 Å². The van der Waals surface area contributed by atoms with Gasteiger partial charge in [0.2, 0.25) is 0 Å². The van der Waals surface area contributed by atoms with Crippen LogP contribution in [-0.2, 0) is 0 Å². The third kappa shape index (κ3) is 4.35. The van der Waals surface area contributed by atoms with Gasteiger partial charge in [-0.1, -0.05) is 30.3 Å². The molecule has 198 valence electrons. The number of amides is 1. The first-order valence-electron chi connectivity index (χ1n) is 12.5. The monoisotopic (exact) mass is 544 g/mol. The minimum absolute atomic E-state index is 0.118. The quantitative estimate of drug-likeness (QED) is 0.239. The average Bonchev–Trinajstić information content (AvgIpc) is 3.63. The molecule has 41 heavy (non-hydrogen) atoms. The first-order chi connectivity index (χ1) is 20.0. The zero-order valence-electron chi connectivity index (χ0n) is 21.1. The number of benzene rings is 2. The third-order valence-electron chi connectivity index (χ3n) is 6.61. The molecule has 0 aliphatic carbocycles. The van der Waals surface area contributed by atoms with E-state index in [0.717, 1.165) is 0 Å². The van der Waals surface area contributed by atoms with E-state index < -0.39 is 5.82 Å². The predicted molar refractivity (Wildman–Crippen MR) is 150 cm³/mol. The summed E-state index contributed by atoms with van der Waals surface area (Å²) in [6.07, 6.45) is 5.93. The number of pyridine rings is 3. The fourth-order valence-corrected chi connectivity index (χ4v) is 4.69. The van der Waals surface area contributed by atoms with Crippen molar-refractivity contribution < 1.29 is 13.6 Å². The number of halogens is 2. The zero-order chi connectivity index (χ0) is 27.9. The number of aromatic nitrogens is 7. The maximum Gasteiger partial charge on any atom is 0.255 e. The van der Waals surface area contributed by atoms with Crippen molar-refractivity contribution in [3.05, 3.63) is 109 Å². The normalized spacial score (nSPS) is 11.3. The lowest BCUT2D eigenvalue weighted by Gasteiger charge is -2.08. The van der Waals surface area contributed by atoms with Gasteiger partial charge in [-0.3, -0.25) is 14.9 Å². The van der Waals surface area contributed by atoms with E-state index in [1.54, 1.807) is 54.7 Å². The second-order valence-corrected chi connectivity index (χ2v) is 9.22. The fourth-order valence-electron chi connectivity index (χ4n) is 4.69. The van der Waals surface area contributed by atoms with Crippen LogP contribution in [0.5, 0.6) is 0 Å². The molecule has 5 heterocycles. The molecule has 0 atom stereocenters. The number of fused-ring (bicyclic) bond motifs is 2. The van der Waals surface area contributed by atoms with Crippen LogP contribution in [0.3, 0.4) is 0 Å². The minimum Gasteiger partial charge on any atom is -0.321 e. The summed E-state index contributed by atoms with van der Waals surface area (Å²) < 4.78 is 30.0. The lowest BCUT2D eigenvalue weighted by Crippen LogP contribution is -2.11. The molecule has 7 aromatic rings. The highest BCUT2D eigenvalue weighted by atomic mass is 19.1. The molecule has 0 unspecified atom stereocenters. The number of hydrogen-bond acceptors (Lipinski definition) is 6. The largest absolute Gasteiger partial charge is 0.321 e. The van der Waals surface area contributed by atoms with Gasteiger partial charge < -0.3 is 10.3 Å². The highest BCUT2D eigenvalue weighted by Crippen LogP contribution is 2.34. The topological polar surface area (TPSA) is 125 Å². The van der Waals surface area contributed by atoms with Crippen molar-refractivity contribution in [3.63, 3.8) is 0 Å². The van der Waals surface area contributed by atoms with Gasteiger partial charge in [0.1, 0.15) is 22.8 Å². The number of anilines is 1. The highest BCUT2D eigenvalue weighted by Gasteiger charge is 2.22. The van der Waals surface area contributed by atoms with Crippen molar-refractivity contribution in [1.82, 2.24) is 35.1 Å². The second-order valence-electron chi connectivity index (χ2n) is 9.22. The lowest BCUT2D eigenvalue weighted by molar-refractivity contribution is 0.102. The van der Waals surface area contributed by atoms with Gasteiger partial charge in [0.25, 0.3) is 5.91 Å². The van der Waals surface area contributed by atoms with Crippen molar-refractivity contribution >= 4 is 33.8 Å². The molecule has 0 bridgehead atoms. The minimum atomic E-state index is -0.592. The second kappa shape index (κ2) is 9.72. The van der Waals surface area contributed by atoms with Gasteiger partial charge in [0.15, 0.2) is 17.1 Å². The SMILES string of the molecule is O=C(Nc1cncc(-c2cnc3[nH]nc(-c4nc5c(-c6cccc(F)c6)ccnc5[nH]4)c3c2F)c1)c1ccccc1. The number of rotatable bonds is 5. The summed E-state index contributed by atoms with van der Waals surface area (Å²) >= 11 is 0. The van der Waals surface area contributed by atoms with Crippen LogP contribution in [0.4, 0.5) is 14.5 Å². The van der Waals surface area contributed by atoms with Gasteiger partial charge in [-0.25, -0.2) is 23.7 Å². The Kier molecular flexibility index (Phi) is 5.74. The zero-order valence-corrected chi connectivity index (χ0v) is 21.1. The summed E-state index contributed by atoms with van der Waals surface area (Å²) in [6, 6.07) is 18.3. The number of aromatic amines is 2. The number of carbonyl (C=O) groups excluding carboxylic acids is 1. The van der Waals surface area contributed by atoms with E-state index in [-0.39, 0.29) is 39.8 Å². The molecule has 0 spiro atoms. The predicted octanol–water partition coefficient (Wildman–Crippen LogP) is 6.16. The average molecular weight is 545 g/mol. The van der Waals surface area contributed by atoms with E-state index in [1.807, 2.05) is 6.07 Å². The van der Waals surface area contributed by atoms with Crippen LogP contribution in [0.2, 0.25) is 0 Å². The van der Waals surface area contributed by atoms with Crippen LogP contribution in [0.25, 0.3) is 56.0 Å². The molecule has 11 heteroatoms. The maximum absolute atomic E-state index is 16.1. The maximum atomic E-state index is 16.1. The van der Waals surface area contributed by atoms with Crippen LogP contribution in [0.1, 0.15) is 10.4 Å². The van der Waals surface area contributed by atoms with Gasteiger partial charge in [0, 0.05) is 40.8 Å². The number of nitrogens with one attached hydrogen (secondary N) is 3. The molecule has 5 aromatic heterocycles. The van der Waals surface area contributed by atoms with Crippen LogP contribution in [0.15, 0.2) is 91.5 Å². The molecule has 0 aliphatic heterocycles. The molecular weight excluding hydrogens is 526 g/mol. The summed E-state index contributed by atoms with van der Waals surface area (Å²) in [7, 11) is 0. The molecule has 0 saturated heterocycles. The number of imidazole rings is 1. The molecule has 3 N–H and O–H groups in total. The number of carbonyl (C=O) groups is 1. The van der Waals surface area contributed by atoms with E-state index in [2.05, 4.69) is 40.4 Å². The Morgan fingerprint density at radius 3 is 2.56 bits per heavy atom. The number of H-pyrrole nitrogens is 2. The Labute approximate surface area is 230 Å². The molecular formula is C30H18F2N8O. The van der Waals surface area contributed by atoms with Crippen molar-refractivity contribution in [2.75, 3.05) is 5.32 Å².